The summed E-state index contributed by atoms with van der Waals surface area (Å²) in [6.07, 6.45) is 3.81. The van der Waals surface area contributed by atoms with Gasteiger partial charge in [-0.05, 0) is 102 Å². The lowest BCUT2D eigenvalue weighted by Gasteiger charge is -2.62. The Bertz CT molecular complexity index is 1350. The molecule has 0 nitrogen and oxygen atoms in total. The third kappa shape index (κ3) is 4.63. The molecule has 230 valence electrons. The first kappa shape index (κ1) is 31.1. The van der Waals surface area contributed by atoms with E-state index in [1.807, 2.05) is 0 Å². The van der Waals surface area contributed by atoms with E-state index in [-0.39, 0.29) is 32.5 Å². The molecule has 0 fully saturated rings. The highest BCUT2D eigenvalue weighted by molar-refractivity contribution is 7.60. The van der Waals surface area contributed by atoms with E-state index in [1.165, 1.54) is 19.3 Å². The smallest absolute Gasteiger partial charge is 0.00327 e. The van der Waals surface area contributed by atoms with Crippen molar-refractivity contribution in [2.24, 2.45) is 0 Å². The summed E-state index contributed by atoms with van der Waals surface area (Å²) < 4.78 is 0. The van der Waals surface area contributed by atoms with Crippen molar-refractivity contribution < 1.29 is 0 Å². The average molecular weight is 593 g/mol. The Hall–Kier alpha value is -1.91. The Labute approximate surface area is 265 Å². The van der Waals surface area contributed by atoms with Crippen LogP contribution in [0.3, 0.4) is 0 Å². The quantitative estimate of drug-likeness (QED) is 0.265. The number of benzene rings is 3. The van der Waals surface area contributed by atoms with Gasteiger partial charge < -0.3 is 0 Å². The van der Waals surface area contributed by atoms with Crippen LogP contribution in [0.25, 0.3) is 0 Å². The van der Waals surface area contributed by atoms with Crippen LogP contribution in [0, 0.1) is 0 Å². The third-order valence-corrected chi connectivity index (χ3v) is 17.4. The maximum Gasteiger partial charge on any atom is -0.00327 e. The van der Waals surface area contributed by atoms with Crippen molar-refractivity contribution in [3.05, 3.63) is 106 Å². The van der Waals surface area contributed by atoms with E-state index in [2.05, 4.69) is 156 Å². The topological polar surface area (TPSA) is 0 Å². The van der Waals surface area contributed by atoms with Crippen LogP contribution in [0.1, 0.15) is 136 Å². The van der Waals surface area contributed by atoms with Gasteiger partial charge in [0.05, 0.1) is 0 Å². The standard InChI is InChI=1S/C42H57P/c1-37(2)25-34(40(7,8)31-22-16-13-19-28(31)37)43(35-26-38(3,4)29-20-14-17-23-32(29)41(35,9)10)36-27-39(5,6)30-21-15-18-24-33(30)42(36,11)12/h13-24,34-36H,25-27H2,1-12H3. The van der Waals surface area contributed by atoms with E-state index in [0.29, 0.717) is 17.0 Å². The molecule has 0 radical (unpaired) electrons. The minimum atomic E-state index is -0.428. The molecule has 0 amide bonds. The summed E-state index contributed by atoms with van der Waals surface area (Å²) in [5.74, 6) is 0. The first-order valence-corrected chi connectivity index (χ1v) is 18.5. The fourth-order valence-electron chi connectivity index (χ4n) is 10.1. The highest BCUT2D eigenvalue weighted by atomic mass is 31.1. The summed E-state index contributed by atoms with van der Waals surface area (Å²) in [4.78, 5) is 0. The highest BCUT2D eigenvalue weighted by Crippen LogP contribution is 2.73. The van der Waals surface area contributed by atoms with Gasteiger partial charge in [-0.25, -0.2) is 0 Å². The Balaban J connectivity index is 1.62. The van der Waals surface area contributed by atoms with E-state index in [4.69, 9.17) is 0 Å². The van der Waals surface area contributed by atoms with E-state index in [1.54, 1.807) is 33.4 Å². The largest absolute Gasteiger partial charge is 0.0944 e. The minimum Gasteiger partial charge on any atom is -0.0944 e. The van der Waals surface area contributed by atoms with E-state index < -0.39 is 7.92 Å². The van der Waals surface area contributed by atoms with Gasteiger partial charge in [-0.1, -0.05) is 164 Å². The van der Waals surface area contributed by atoms with Crippen LogP contribution < -0.4 is 0 Å². The van der Waals surface area contributed by atoms with Crippen LogP contribution in [0.4, 0.5) is 0 Å². The van der Waals surface area contributed by atoms with Crippen LogP contribution in [0.2, 0.25) is 0 Å². The van der Waals surface area contributed by atoms with Crippen LogP contribution in [-0.4, -0.2) is 17.0 Å². The molecule has 3 unspecified atom stereocenters. The maximum atomic E-state index is 2.62. The summed E-state index contributed by atoms with van der Waals surface area (Å²) in [7, 11) is -0.428. The van der Waals surface area contributed by atoms with Gasteiger partial charge in [0.15, 0.2) is 0 Å². The lowest BCUT2D eigenvalue weighted by molar-refractivity contribution is 0.294. The van der Waals surface area contributed by atoms with E-state index >= 15 is 0 Å². The second-order valence-electron chi connectivity index (χ2n) is 18.1. The first-order valence-electron chi connectivity index (χ1n) is 16.9. The predicted molar refractivity (Wildman–Crippen MR) is 190 cm³/mol. The second-order valence-corrected chi connectivity index (χ2v) is 20.8. The van der Waals surface area contributed by atoms with Crippen molar-refractivity contribution in [3.8, 4) is 0 Å². The molecule has 1 heteroatoms. The fourth-order valence-corrected chi connectivity index (χ4v) is 16.0. The molecule has 3 aromatic rings. The normalized spacial score (nSPS) is 29.4. The molecule has 0 aliphatic heterocycles. The van der Waals surface area contributed by atoms with Crippen molar-refractivity contribution in [2.75, 3.05) is 0 Å². The zero-order valence-electron chi connectivity index (χ0n) is 29.2. The highest BCUT2D eigenvalue weighted by Gasteiger charge is 2.59. The van der Waals surface area contributed by atoms with Crippen molar-refractivity contribution in [1.82, 2.24) is 0 Å². The molecule has 0 saturated carbocycles. The average Bonchev–Trinajstić information content (AvgIpc) is 2.93. The number of hydrogen-bond acceptors (Lipinski definition) is 0. The molecule has 3 atom stereocenters. The second kappa shape index (κ2) is 9.79. The molecule has 3 aromatic carbocycles. The molecular formula is C42H57P. The van der Waals surface area contributed by atoms with Gasteiger partial charge >= 0.3 is 0 Å². The molecule has 43 heavy (non-hydrogen) atoms. The number of hydrogen-bond donors (Lipinski definition) is 0. The van der Waals surface area contributed by atoms with Gasteiger partial charge in [0.1, 0.15) is 0 Å². The molecule has 3 aliphatic carbocycles. The molecule has 0 saturated heterocycles. The predicted octanol–water partition coefficient (Wildman–Crippen LogP) is 11.6. The minimum absolute atomic E-state index is 0.117. The Morgan fingerprint density at radius 3 is 0.814 bits per heavy atom. The molecule has 3 aliphatic rings. The Kier molecular flexibility index (Phi) is 7.08. The van der Waals surface area contributed by atoms with Crippen LogP contribution in [-0.2, 0) is 32.5 Å². The molecule has 0 spiro atoms. The van der Waals surface area contributed by atoms with Gasteiger partial charge in [0.2, 0.25) is 0 Å². The molecule has 0 bridgehead atoms. The van der Waals surface area contributed by atoms with E-state index in [0.717, 1.165) is 0 Å². The van der Waals surface area contributed by atoms with Crippen LogP contribution in [0.5, 0.6) is 0 Å². The van der Waals surface area contributed by atoms with Gasteiger partial charge in [-0.3, -0.25) is 0 Å². The molecule has 0 aromatic heterocycles. The van der Waals surface area contributed by atoms with Gasteiger partial charge in [0.25, 0.3) is 0 Å². The van der Waals surface area contributed by atoms with Gasteiger partial charge in [0, 0.05) is 0 Å². The Morgan fingerprint density at radius 1 is 0.372 bits per heavy atom. The molecule has 6 rings (SSSR count). The summed E-state index contributed by atoms with van der Waals surface area (Å²) in [6, 6.07) is 28.5. The van der Waals surface area contributed by atoms with Crippen molar-refractivity contribution in [3.63, 3.8) is 0 Å². The first-order chi connectivity index (χ1) is 19.8. The summed E-state index contributed by atoms with van der Waals surface area (Å²) in [5, 5.41) is 0. The summed E-state index contributed by atoms with van der Waals surface area (Å²) in [5.41, 5.74) is 12.3. The zero-order valence-corrected chi connectivity index (χ0v) is 30.1. The monoisotopic (exact) mass is 592 g/mol. The van der Waals surface area contributed by atoms with Gasteiger partial charge in [-0.15, -0.1) is 0 Å². The van der Waals surface area contributed by atoms with Gasteiger partial charge in [-0.2, -0.15) is 0 Å². The van der Waals surface area contributed by atoms with Crippen LogP contribution in [0.15, 0.2) is 72.8 Å². The van der Waals surface area contributed by atoms with Crippen molar-refractivity contribution in [1.29, 1.82) is 0 Å². The maximum absolute atomic E-state index is 2.62. The molecule has 0 heterocycles. The molecular weight excluding hydrogens is 535 g/mol. The lowest BCUT2D eigenvalue weighted by Crippen LogP contribution is -2.55. The zero-order chi connectivity index (χ0) is 31.4. The third-order valence-electron chi connectivity index (χ3n) is 12.7. The molecule has 0 N–H and O–H groups in total. The number of rotatable bonds is 3. The van der Waals surface area contributed by atoms with Crippen molar-refractivity contribution >= 4 is 7.92 Å². The summed E-state index contributed by atoms with van der Waals surface area (Å²) >= 11 is 0. The summed E-state index contributed by atoms with van der Waals surface area (Å²) in [6.45, 7) is 30.9. The SMILES string of the molecule is CC1(C)CC(P(C2CC(C)(C)c3ccccc3C2(C)C)C2CC(C)(C)c3ccccc3C2(C)C)C(C)(C)c2ccccc21. The van der Waals surface area contributed by atoms with Crippen molar-refractivity contribution in [2.45, 2.75) is 152 Å². The van der Waals surface area contributed by atoms with Crippen LogP contribution >= 0.6 is 7.92 Å². The Morgan fingerprint density at radius 2 is 0.581 bits per heavy atom. The van der Waals surface area contributed by atoms with E-state index in [9.17, 15) is 0 Å². The lowest BCUT2D eigenvalue weighted by atomic mass is 9.62. The number of fused-ring (bicyclic) bond motifs is 3. The fraction of sp³-hybridized carbons (Fsp3) is 0.571.